The summed E-state index contributed by atoms with van der Waals surface area (Å²) in [7, 11) is 0. The second-order valence-corrected chi connectivity index (χ2v) is 7.43. The third-order valence-corrected chi connectivity index (χ3v) is 5.12. The largest absolute Gasteiger partial charge is 0.492 e. The fraction of sp³-hybridized carbons (Fsp3) is 0.250. The minimum absolute atomic E-state index is 0.149. The molecule has 4 rings (SSSR count). The number of benzene rings is 2. The second kappa shape index (κ2) is 8.88. The van der Waals surface area contributed by atoms with Crippen LogP contribution in [0.5, 0.6) is 5.75 Å². The zero-order valence-corrected chi connectivity index (χ0v) is 16.6. The van der Waals surface area contributed by atoms with Crippen LogP contribution in [0.25, 0.3) is 22.0 Å². The summed E-state index contributed by atoms with van der Waals surface area (Å²) in [6.45, 7) is 2.66. The van der Waals surface area contributed by atoms with Crippen LogP contribution in [0.1, 0.15) is 24.1 Å². The summed E-state index contributed by atoms with van der Waals surface area (Å²) in [6.07, 6.45) is 6.36. The predicted octanol–water partition coefficient (Wildman–Crippen LogP) is 4.66. The summed E-state index contributed by atoms with van der Waals surface area (Å²) >= 11 is 0. The maximum absolute atomic E-state index is 6.26. The Morgan fingerprint density at radius 2 is 1.90 bits per heavy atom. The number of aromatic nitrogens is 3. The Morgan fingerprint density at radius 3 is 2.76 bits per heavy atom. The Hall–Kier alpha value is -3.18. The molecule has 5 heteroatoms. The summed E-state index contributed by atoms with van der Waals surface area (Å²) in [5, 5.41) is 8.44. The molecule has 0 bridgehead atoms. The SMILES string of the molecule is Cc1[nH]nc2ccc(-c3cncc(OCCC[C@@H](N)Cc4ccccc4)c3)cc12. The smallest absolute Gasteiger partial charge is 0.138 e. The molecule has 0 unspecified atom stereocenters. The van der Waals surface area contributed by atoms with Crippen molar-refractivity contribution in [2.24, 2.45) is 5.73 Å². The van der Waals surface area contributed by atoms with Crippen molar-refractivity contribution in [2.75, 3.05) is 6.61 Å². The molecule has 29 heavy (non-hydrogen) atoms. The number of nitrogens with two attached hydrogens (primary N) is 1. The molecule has 0 aliphatic heterocycles. The fourth-order valence-corrected chi connectivity index (χ4v) is 3.53. The number of nitrogens with zero attached hydrogens (tertiary/aromatic N) is 2. The lowest BCUT2D eigenvalue weighted by molar-refractivity contribution is 0.300. The molecule has 5 nitrogen and oxygen atoms in total. The number of ether oxygens (including phenoxy) is 1. The van der Waals surface area contributed by atoms with Gasteiger partial charge in [0.1, 0.15) is 5.75 Å². The average Bonchev–Trinajstić information content (AvgIpc) is 3.12. The molecule has 148 valence electrons. The predicted molar refractivity (Wildman–Crippen MR) is 117 cm³/mol. The van der Waals surface area contributed by atoms with E-state index >= 15 is 0 Å². The molecule has 2 heterocycles. The molecule has 0 aliphatic rings. The van der Waals surface area contributed by atoms with Crippen LogP contribution in [-0.2, 0) is 6.42 Å². The van der Waals surface area contributed by atoms with E-state index in [1.54, 1.807) is 6.20 Å². The summed E-state index contributed by atoms with van der Waals surface area (Å²) in [6, 6.07) is 18.8. The number of rotatable bonds is 8. The monoisotopic (exact) mass is 386 g/mol. The first-order valence-corrected chi connectivity index (χ1v) is 10.0. The second-order valence-electron chi connectivity index (χ2n) is 7.43. The van der Waals surface area contributed by atoms with E-state index in [2.05, 4.69) is 51.6 Å². The van der Waals surface area contributed by atoms with E-state index in [0.717, 1.165) is 52.7 Å². The van der Waals surface area contributed by atoms with Gasteiger partial charge in [0, 0.05) is 28.9 Å². The van der Waals surface area contributed by atoms with E-state index < -0.39 is 0 Å². The quantitative estimate of drug-likeness (QED) is 0.432. The number of hydrogen-bond donors (Lipinski definition) is 2. The summed E-state index contributed by atoms with van der Waals surface area (Å²) < 4.78 is 5.93. The lowest BCUT2D eigenvalue weighted by atomic mass is 10.0. The Bertz CT molecular complexity index is 1070. The lowest BCUT2D eigenvalue weighted by Gasteiger charge is -2.12. The minimum atomic E-state index is 0.149. The Labute approximate surface area is 170 Å². The van der Waals surface area contributed by atoms with Crippen molar-refractivity contribution in [1.29, 1.82) is 0 Å². The van der Waals surface area contributed by atoms with Crippen molar-refractivity contribution < 1.29 is 4.74 Å². The number of H-pyrrole nitrogens is 1. The van der Waals surface area contributed by atoms with Gasteiger partial charge in [-0.1, -0.05) is 36.4 Å². The Balaban J connectivity index is 1.32. The molecule has 1 atom stereocenters. The minimum Gasteiger partial charge on any atom is -0.492 e. The van der Waals surface area contributed by atoms with Crippen LogP contribution in [0.15, 0.2) is 67.0 Å². The van der Waals surface area contributed by atoms with Gasteiger partial charge in [-0.15, -0.1) is 0 Å². The lowest BCUT2D eigenvalue weighted by Crippen LogP contribution is -2.23. The van der Waals surface area contributed by atoms with Crippen molar-refractivity contribution in [3.8, 4) is 16.9 Å². The van der Waals surface area contributed by atoms with E-state index in [-0.39, 0.29) is 6.04 Å². The molecule has 0 amide bonds. The van der Waals surface area contributed by atoms with Crippen molar-refractivity contribution >= 4 is 10.9 Å². The van der Waals surface area contributed by atoms with Crippen molar-refractivity contribution in [3.05, 3.63) is 78.2 Å². The molecule has 0 fully saturated rings. The topological polar surface area (TPSA) is 76.8 Å². The number of fused-ring (bicyclic) bond motifs is 1. The van der Waals surface area contributed by atoms with Crippen molar-refractivity contribution in [2.45, 2.75) is 32.2 Å². The number of nitrogens with one attached hydrogen (secondary N) is 1. The third-order valence-electron chi connectivity index (χ3n) is 5.12. The van der Waals surface area contributed by atoms with Crippen LogP contribution >= 0.6 is 0 Å². The highest BCUT2D eigenvalue weighted by Crippen LogP contribution is 2.27. The van der Waals surface area contributed by atoms with Crippen LogP contribution in [0, 0.1) is 6.92 Å². The van der Waals surface area contributed by atoms with Crippen LogP contribution in [0.3, 0.4) is 0 Å². The first-order valence-electron chi connectivity index (χ1n) is 10.0. The highest BCUT2D eigenvalue weighted by molar-refractivity contribution is 5.86. The standard InChI is InChI=1S/C24H26N4O/c1-17-23-14-19(9-10-24(23)28-27-17)20-13-22(16-26-15-20)29-11-5-8-21(25)12-18-6-3-2-4-7-18/h2-4,6-7,9-10,13-16,21H,5,8,11-12,25H2,1H3,(H,27,28)/t21-/m1/s1. The Kier molecular flexibility index (Phi) is 5.86. The summed E-state index contributed by atoms with van der Waals surface area (Å²) in [5.41, 5.74) is 11.7. The van der Waals surface area contributed by atoms with Crippen molar-refractivity contribution in [3.63, 3.8) is 0 Å². The van der Waals surface area contributed by atoms with E-state index in [1.165, 1.54) is 5.56 Å². The van der Waals surface area contributed by atoms with Gasteiger partial charge in [0.05, 0.1) is 18.3 Å². The zero-order valence-electron chi connectivity index (χ0n) is 16.6. The molecule has 3 N–H and O–H groups in total. The van der Waals surface area contributed by atoms with Gasteiger partial charge in [0.15, 0.2) is 0 Å². The highest BCUT2D eigenvalue weighted by atomic mass is 16.5. The van der Waals surface area contributed by atoms with Gasteiger partial charge < -0.3 is 10.5 Å². The maximum Gasteiger partial charge on any atom is 0.138 e. The van der Waals surface area contributed by atoms with Gasteiger partial charge in [-0.05, 0) is 55.5 Å². The molecule has 2 aromatic carbocycles. The highest BCUT2D eigenvalue weighted by Gasteiger charge is 2.07. The molecule has 2 aromatic heterocycles. The Morgan fingerprint density at radius 1 is 1.03 bits per heavy atom. The van der Waals surface area contributed by atoms with Gasteiger partial charge in [0.2, 0.25) is 0 Å². The van der Waals surface area contributed by atoms with Gasteiger partial charge in [-0.25, -0.2) is 0 Å². The molecular weight excluding hydrogens is 360 g/mol. The zero-order chi connectivity index (χ0) is 20.1. The molecular formula is C24H26N4O. The molecule has 0 spiro atoms. The number of aryl methyl sites for hydroxylation is 1. The molecule has 0 saturated carbocycles. The van der Waals surface area contributed by atoms with Crippen LogP contribution in [-0.4, -0.2) is 27.8 Å². The molecule has 0 saturated heterocycles. The molecule has 0 aliphatic carbocycles. The number of hydrogen-bond acceptors (Lipinski definition) is 4. The van der Waals surface area contributed by atoms with E-state index in [4.69, 9.17) is 10.5 Å². The first kappa shape index (κ1) is 19.2. The van der Waals surface area contributed by atoms with Gasteiger partial charge >= 0.3 is 0 Å². The summed E-state index contributed by atoms with van der Waals surface area (Å²) in [4.78, 5) is 4.35. The van der Waals surface area contributed by atoms with Gasteiger partial charge in [-0.2, -0.15) is 5.10 Å². The fourth-order valence-electron chi connectivity index (χ4n) is 3.53. The van der Waals surface area contributed by atoms with E-state index in [1.807, 2.05) is 31.3 Å². The van der Waals surface area contributed by atoms with Gasteiger partial charge in [0.25, 0.3) is 0 Å². The molecule has 4 aromatic rings. The van der Waals surface area contributed by atoms with Crippen LogP contribution in [0.2, 0.25) is 0 Å². The van der Waals surface area contributed by atoms with Crippen LogP contribution < -0.4 is 10.5 Å². The first-order chi connectivity index (χ1) is 14.2. The molecule has 0 radical (unpaired) electrons. The maximum atomic E-state index is 6.26. The number of pyridine rings is 1. The third kappa shape index (κ3) is 4.81. The normalized spacial score (nSPS) is 12.2. The van der Waals surface area contributed by atoms with Crippen molar-refractivity contribution in [1.82, 2.24) is 15.2 Å². The van der Waals surface area contributed by atoms with E-state index in [9.17, 15) is 0 Å². The average molecular weight is 386 g/mol. The number of aromatic amines is 1. The van der Waals surface area contributed by atoms with E-state index in [0.29, 0.717) is 6.61 Å². The summed E-state index contributed by atoms with van der Waals surface area (Å²) in [5.74, 6) is 0.781. The van der Waals surface area contributed by atoms with Crippen LogP contribution in [0.4, 0.5) is 0 Å². The van der Waals surface area contributed by atoms with Gasteiger partial charge in [-0.3, -0.25) is 10.1 Å².